The lowest BCUT2D eigenvalue weighted by Crippen LogP contribution is -2.42. The molecule has 2 heterocycles. The van der Waals surface area contributed by atoms with Crippen molar-refractivity contribution in [1.29, 1.82) is 0 Å². The lowest BCUT2D eigenvalue weighted by molar-refractivity contribution is -0.143. The number of rotatable bonds is 2. The van der Waals surface area contributed by atoms with Gasteiger partial charge in [-0.25, -0.2) is 9.97 Å². The number of amides is 1. The summed E-state index contributed by atoms with van der Waals surface area (Å²) in [6, 6.07) is 1.56. The standard InChI is InChI=1S/C12H15N3O3/c1-8-13-5-4-10(14-8)11(16)15-6-2-3-9(7-15)12(17)18/h4-5,9H,2-3,6-7H2,1H3,(H,17,18). The summed E-state index contributed by atoms with van der Waals surface area (Å²) in [5.74, 6) is -0.990. The molecule has 1 atom stereocenters. The first-order valence-corrected chi connectivity index (χ1v) is 5.89. The Balaban J connectivity index is 2.11. The van der Waals surface area contributed by atoms with Crippen LogP contribution in [0.4, 0.5) is 0 Å². The summed E-state index contributed by atoms with van der Waals surface area (Å²) >= 11 is 0. The van der Waals surface area contributed by atoms with Crippen molar-refractivity contribution in [2.24, 2.45) is 5.92 Å². The molecule has 1 aromatic heterocycles. The van der Waals surface area contributed by atoms with Crippen molar-refractivity contribution in [2.45, 2.75) is 19.8 Å². The van der Waals surface area contributed by atoms with Crippen LogP contribution in [0, 0.1) is 12.8 Å². The molecule has 6 heteroatoms. The first-order chi connectivity index (χ1) is 8.58. The number of nitrogens with zero attached hydrogens (tertiary/aromatic N) is 3. The number of hydrogen-bond acceptors (Lipinski definition) is 4. The topological polar surface area (TPSA) is 83.4 Å². The third-order valence-corrected chi connectivity index (χ3v) is 3.05. The fourth-order valence-electron chi connectivity index (χ4n) is 2.10. The van der Waals surface area contributed by atoms with E-state index in [2.05, 4.69) is 9.97 Å². The van der Waals surface area contributed by atoms with Gasteiger partial charge in [0.1, 0.15) is 11.5 Å². The maximum absolute atomic E-state index is 12.2. The Morgan fingerprint density at radius 3 is 2.94 bits per heavy atom. The lowest BCUT2D eigenvalue weighted by atomic mass is 9.98. The second kappa shape index (κ2) is 5.12. The first-order valence-electron chi connectivity index (χ1n) is 5.89. The van der Waals surface area contributed by atoms with Gasteiger partial charge in [0.2, 0.25) is 0 Å². The molecule has 0 spiro atoms. The van der Waals surface area contributed by atoms with E-state index in [4.69, 9.17) is 5.11 Å². The quantitative estimate of drug-likeness (QED) is 0.835. The Bertz CT molecular complexity index is 475. The predicted octanol–water partition coefficient (Wildman–Crippen LogP) is 0.722. The molecule has 96 valence electrons. The molecule has 1 aliphatic heterocycles. The van der Waals surface area contributed by atoms with E-state index in [1.807, 2.05) is 0 Å². The molecule has 0 aromatic carbocycles. The summed E-state index contributed by atoms with van der Waals surface area (Å²) in [6.07, 6.45) is 2.88. The SMILES string of the molecule is Cc1nccc(C(=O)N2CCCC(C(=O)O)C2)n1. The number of carboxylic acid groups (broad SMARTS) is 1. The molecule has 0 aliphatic carbocycles. The van der Waals surface area contributed by atoms with Crippen molar-refractivity contribution >= 4 is 11.9 Å². The number of carbonyl (C=O) groups is 2. The second-order valence-electron chi connectivity index (χ2n) is 4.42. The van der Waals surface area contributed by atoms with Gasteiger partial charge >= 0.3 is 5.97 Å². The Morgan fingerprint density at radius 1 is 1.50 bits per heavy atom. The summed E-state index contributed by atoms with van der Waals surface area (Å²) in [7, 11) is 0. The third-order valence-electron chi connectivity index (χ3n) is 3.05. The van der Waals surface area contributed by atoms with E-state index in [-0.39, 0.29) is 12.5 Å². The molecule has 1 fully saturated rings. The first kappa shape index (κ1) is 12.5. The highest BCUT2D eigenvalue weighted by Crippen LogP contribution is 2.18. The molecular weight excluding hydrogens is 234 g/mol. The van der Waals surface area contributed by atoms with Gasteiger partial charge in [-0.05, 0) is 25.8 Å². The van der Waals surface area contributed by atoms with Gasteiger partial charge in [-0.1, -0.05) is 0 Å². The van der Waals surface area contributed by atoms with Crippen LogP contribution in [0.2, 0.25) is 0 Å². The second-order valence-corrected chi connectivity index (χ2v) is 4.42. The Kier molecular flexibility index (Phi) is 3.55. The number of likely N-dealkylation sites (tertiary alicyclic amines) is 1. The lowest BCUT2D eigenvalue weighted by Gasteiger charge is -2.30. The highest BCUT2D eigenvalue weighted by atomic mass is 16.4. The minimum absolute atomic E-state index is 0.216. The van der Waals surface area contributed by atoms with Gasteiger partial charge in [0.15, 0.2) is 0 Å². The van der Waals surface area contributed by atoms with Crippen LogP contribution in [0.5, 0.6) is 0 Å². The smallest absolute Gasteiger partial charge is 0.308 e. The van der Waals surface area contributed by atoms with Crippen LogP contribution in [0.1, 0.15) is 29.2 Å². The number of carboxylic acids is 1. The molecule has 1 unspecified atom stereocenters. The van der Waals surface area contributed by atoms with E-state index < -0.39 is 11.9 Å². The van der Waals surface area contributed by atoms with E-state index >= 15 is 0 Å². The van der Waals surface area contributed by atoms with Gasteiger partial charge in [0.05, 0.1) is 5.92 Å². The van der Waals surface area contributed by atoms with Crippen molar-refractivity contribution in [3.8, 4) is 0 Å². The zero-order chi connectivity index (χ0) is 13.1. The summed E-state index contributed by atoms with van der Waals surface area (Å²) in [5, 5.41) is 8.99. The fourth-order valence-corrected chi connectivity index (χ4v) is 2.10. The van der Waals surface area contributed by atoms with E-state index in [1.54, 1.807) is 17.9 Å². The number of aliphatic carboxylic acids is 1. The van der Waals surface area contributed by atoms with Crippen LogP contribution in [-0.2, 0) is 4.79 Å². The molecule has 0 radical (unpaired) electrons. The van der Waals surface area contributed by atoms with E-state index in [0.717, 1.165) is 0 Å². The molecular formula is C12H15N3O3. The Labute approximate surface area is 105 Å². The van der Waals surface area contributed by atoms with Crippen LogP contribution >= 0.6 is 0 Å². The largest absolute Gasteiger partial charge is 0.481 e. The van der Waals surface area contributed by atoms with Gasteiger partial charge in [-0.2, -0.15) is 0 Å². The minimum Gasteiger partial charge on any atom is -0.481 e. The molecule has 2 rings (SSSR count). The number of piperidine rings is 1. The monoisotopic (exact) mass is 249 g/mol. The van der Waals surface area contributed by atoms with Gasteiger partial charge in [-0.3, -0.25) is 9.59 Å². The van der Waals surface area contributed by atoms with E-state index in [9.17, 15) is 9.59 Å². The molecule has 1 amide bonds. The highest BCUT2D eigenvalue weighted by molar-refractivity contribution is 5.92. The number of carbonyl (C=O) groups excluding carboxylic acids is 1. The normalized spacial score (nSPS) is 19.6. The molecule has 0 bridgehead atoms. The van der Waals surface area contributed by atoms with Crippen LogP contribution in [0.25, 0.3) is 0 Å². The van der Waals surface area contributed by atoms with Crippen molar-refractivity contribution in [1.82, 2.24) is 14.9 Å². The highest BCUT2D eigenvalue weighted by Gasteiger charge is 2.29. The van der Waals surface area contributed by atoms with E-state index in [0.29, 0.717) is 30.9 Å². The number of aryl methyl sites for hydroxylation is 1. The molecule has 6 nitrogen and oxygen atoms in total. The molecule has 1 aromatic rings. The van der Waals surface area contributed by atoms with Crippen molar-refractivity contribution in [2.75, 3.05) is 13.1 Å². The van der Waals surface area contributed by atoms with Gasteiger partial charge < -0.3 is 10.0 Å². The molecule has 1 N–H and O–H groups in total. The van der Waals surface area contributed by atoms with Gasteiger partial charge in [0.25, 0.3) is 5.91 Å². The van der Waals surface area contributed by atoms with Crippen molar-refractivity contribution in [3.63, 3.8) is 0 Å². The molecule has 0 saturated carbocycles. The number of hydrogen-bond donors (Lipinski definition) is 1. The Hall–Kier alpha value is -1.98. The van der Waals surface area contributed by atoms with Crippen LogP contribution < -0.4 is 0 Å². The van der Waals surface area contributed by atoms with Crippen LogP contribution in [-0.4, -0.2) is 44.9 Å². The van der Waals surface area contributed by atoms with E-state index in [1.165, 1.54) is 6.20 Å². The average Bonchev–Trinajstić information content (AvgIpc) is 2.38. The summed E-state index contributed by atoms with van der Waals surface area (Å²) in [5.41, 5.74) is 0.327. The van der Waals surface area contributed by atoms with Crippen LogP contribution in [0.15, 0.2) is 12.3 Å². The molecule has 18 heavy (non-hydrogen) atoms. The molecule has 1 saturated heterocycles. The average molecular weight is 249 g/mol. The molecule has 1 aliphatic rings. The van der Waals surface area contributed by atoms with Crippen molar-refractivity contribution in [3.05, 3.63) is 23.8 Å². The predicted molar refractivity (Wildman–Crippen MR) is 63.0 cm³/mol. The van der Waals surface area contributed by atoms with Gasteiger partial charge in [0, 0.05) is 19.3 Å². The summed E-state index contributed by atoms with van der Waals surface area (Å²) in [6.45, 7) is 2.57. The zero-order valence-electron chi connectivity index (χ0n) is 10.2. The van der Waals surface area contributed by atoms with Crippen LogP contribution in [0.3, 0.4) is 0 Å². The minimum atomic E-state index is -0.841. The summed E-state index contributed by atoms with van der Waals surface area (Å²) in [4.78, 5) is 32.7. The third kappa shape index (κ3) is 2.64. The van der Waals surface area contributed by atoms with Crippen molar-refractivity contribution < 1.29 is 14.7 Å². The maximum Gasteiger partial charge on any atom is 0.308 e. The van der Waals surface area contributed by atoms with Gasteiger partial charge in [-0.15, -0.1) is 0 Å². The summed E-state index contributed by atoms with van der Waals surface area (Å²) < 4.78 is 0. The zero-order valence-corrected chi connectivity index (χ0v) is 10.2. The maximum atomic E-state index is 12.2. The number of aromatic nitrogens is 2. The Morgan fingerprint density at radius 2 is 2.28 bits per heavy atom. The fraction of sp³-hybridized carbons (Fsp3) is 0.500.